The van der Waals surface area contributed by atoms with Gasteiger partial charge in [0.05, 0.1) is 12.2 Å². The summed E-state index contributed by atoms with van der Waals surface area (Å²) < 4.78 is 16.0. The highest BCUT2D eigenvalue weighted by Gasteiger charge is 2.36. The lowest BCUT2D eigenvalue weighted by molar-refractivity contribution is -0.152. The maximum absolute atomic E-state index is 11.9. The van der Waals surface area contributed by atoms with Crippen molar-refractivity contribution in [2.75, 3.05) is 13.2 Å². The normalized spacial score (nSPS) is 17.7. The maximum Gasteiger partial charge on any atom is 0.305 e. The number of hydrogen-bond acceptors (Lipinski definition) is 6. The molecular formula is C31H56O6. The Bertz CT molecular complexity index is 590. The molecule has 0 bridgehead atoms. The summed E-state index contributed by atoms with van der Waals surface area (Å²) >= 11 is 0. The van der Waals surface area contributed by atoms with Crippen LogP contribution in [0.25, 0.3) is 0 Å². The largest absolute Gasteiger partial charge is 0.463 e. The molecule has 0 saturated carbocycles. The van der Waals surface area contributed by atoms with Gasteiger partial charge in [0.25, 0.3) is 0 Å². The first-order valence-corrected chi connectivity index (χ1v) is 15.4. The van der Waals surface area contributed by atoms with Crippen LogP contribution in [-0.2, 0) is 23.8 Å². The zero-order valence-corrected chi connectivity index (χ0v) is 23.9. The number of hydrogen-bond donors (Lipinski definition) is 1. The van der Waals surface area contributed by atoms with Crippen LogP contribution in [0.15, 0.2) is 12.2 Å². The highest BCUT2D eigenvalue weighted by atomic mass is 16.6. The summed E-state index contributed by atoms with van der Waals surface area (Å²) in [4.78, 5) is 23.6. The molecule has 1 heterocycles. The highest BCUT2D eigenvalue weighted by molar-refractivity contribution is 5.69. The first kappa shape index (κ1) is 33.6. The van der Waals surface area contributed by atoms with Crippen molar-refractivity contribution in [3.05, 3.63) is 12.2 Å². The molecule has 0 aromatic carbocycles. The van der Waals surface area contributed by atoms with Gasteiger partial charge in [0, 0.05) is 12.8 Å². The van der Waals surface area contributed by atoms with Gasteiger partial charge in [-0.15, -0.1) is 0 Å². The molecule has 216 valence electrons. The lowest BCUT2D eigenvalue weighted by Crippen LogP contribution is -2.25. The maximum atomic E-state index is 11.9. The van der Waals surface area contributed by atoms with E-state index >= 15 is 0 Å². The first-order chi connectivity index (χ1) is 18.1. The van der Waals surface area contributed by atoms with Crippen molar-refractivity contribution in [1.29, 1.82) is 0 Å². The smallest absolute Gasteiger partial charge is 0.305 e. The second-order valence-corrected chi connectivity index (χ2v) is 10.6. The molecular weight excluding hydrogens is 468 g/mol. The monoisotopic (exact) mass is 524 g/mol. The molecule has 1 rings (SSSR count). The fraction of sp³-hybridized carbons (Fsp3) is 0.871. The van der Waals surface area contributed by atoms with E-state index in [2.05, 4.69) is 26.0 Å². The van der Waals surface area contributed by atoms with E-state index in [1.54, 1.807) is 0 Å². The molecule has 1 aliphatic heterocycles. The lowest BCUT2D eigenvalue weighted by Gasteiger charge is -2.12. The predicted molar refractivity (Wildman–Crippen MR) is 149 cm³/mol. The van der Waals surface area contributed by atoms with Gasteiger partial charge in [-0.25, -0.2) is 0 Å². The van der Waals surface area contributed by atoms with Crippen LogP contribution in [0.4, 0.5) is 0 Å². The molecule has 37 heavy (non-hydrogen) atoms. The van der Waals surface area contributed by atoms with Gasteiger partial charge in [0.2, 0.25) is 0 Å². The Hall–Kier alpha value is -1.40. The molecule has 1 saturated heterocycles. The number of ether oxygens (including phenoxy) is 3. The van der Waals surface area contributed by atoms with Gasteiger partial charge in [-0.3, -0.25) is 9.59 Å². The van der Waals surface area contributed by atoms with Crippen LogP contribution in [0.2, 0.25) is 0 Å². The first-order valence-electron chi connectivity index (χ1n) is 15.4. The highest BCUT2D eigenvalue weighted by Crippen LogP contribution is 2.30. The number of allylic oxidation sites excluding steroid dienone is 1. The molecule has 0 radical (unpaired) electrons. The van der Waals surface area contributed by atoms with Crippen molar-refractivity contribution < 1.29 is 28.9 Å². The average molecular weight is 525 g/mol. The lowest BCUT2D eigenvalue weighted by atomic mass is 10.1. The second-order valence-electron chi connectivity index (χ2n) is 10.6. The molecule has 0 spiro atoms. The van der Waals surface area contributed by atoms with Gasteiger partial charge >= 0.3 is 11.9 Å². The van der Waals surface area contributed by atoms with Crippen LogP contribution in [0.3, 0.4) is 0 Å². The Morgan fingerprint density at radius 3 is 1.81 bits per heavy atom. The van der Waals surface area contributed by atoms with Crippen LogP contribution in [-0.4, -0.2) is 48.6 Å². The number of unbranched alkanes of at least 4 members (excludes halogenated alkanes) is 13. The van der Waals surface area contributed by atoms with E-state index < -0.39 is 6.10 Å². The summed E-state index contributed by atoms with van der Waals surface area (Å²) in [6.45, 7) is 4.18. The minimum absolute atomic E-state index is 0.122. The van der Waals surface area contributed by atoms with E-state index in [4.69, 9.17) is 14.2 Å². The summed E-state index contributed by atoms with van der Waals surface area (Å²) in [5, 5.41) is 9.90. The standard InChI is InChI=1S/C31H56O6/c1-3-5-7-9-11-15-19-23-30(33)35-25-27(32)26-36-31(34)24-20-16-12-14-18-22-29-28(37-29)21-17-13-10-8-6-4-2/h13,17,27-29,32H,3-12,14-16,18-26H2,1-2H3/b17-13-/t27-,28?,29?/m0/s1. The quantitative estimate of drug-likeness (QED) is 0.0543. The summed E-state index contributed by atoms with van der Waals surface area (Å²) in [5.41, 5.74) is 0. The van der Waals surface area contributed by atoms with Gasteiger partial charge in [0.1, 0.15) is 19.3 Å². The van der Waals surface area contributed by atoms with Crippen molar-refractivity contribution in [1.82, 2.24) is 0 Å². The summed E-state index contributed by atoms with van der Waals surface area (Å²) in [7, 11) is 0. The van der Waals surface area contributed by atoms with Gasteiger partial charge < -0.3 is 19.3 Å². The minimum Gasteiger partial charge on any atom is -0.463 e. The third-order valence-corrected chi connectivity index (χ3v) is 6.92. The van der Waals surface area contributed by atoms with Crippen LogP contribution in [0.1, 0.15) is 142 Å². The number of carbonyl (C=O) groups is 2. The number of aliphatic hydroxyl groups excluding tert-OH is 1. The molecule has 0 amide bonds. The molecule has 0 aromatic heterocycles. The zero-order valence-electron chi connectivity index (χ0n) is 23.9. The molecule has 3 atom stereocenters. The van der Waals surface area contributed by atoms with Crippen LogP contribution >= 0.6 is 0 Å². The molecule has 6 heteroatoms. The van der Waals surface area contributed by atoms with Gasteiger partial charge in [0.15, 0.2) is 0 Å². The average Bonchev–Trinajstić information content (AvgIpc) is 3.65. The van der Waals surface area contributed by atoms with Crippen LogP contribution < -0.4 is 0 Å². The van der Waals surface area contributed by atoms with Gasteiger partial charge in [-0.05, 0) is 38.5 Å². The summed E-state index contributed by atoms with van der Waals surface area (Å²) in [6, 6.07) is 0. The Balaban J connectivity index is 1.86. The number of esters is 2. The van der Waals surface area contributed by atoms with Crippen molar-refractivity contribution in [2.24, 2.45) is 0 Å². The molecule has 1 N–H and O–H groups in total. The molecule has 0 aliphatic carbocycles. The van der Waals surface area contributed by atoms with E-state index in [0.29, 0.717) is 25.0 Å². The number of aliphatic hydroxyl groups is 1. The molecule has 0 aromatic rings. The van der Waals surface area contributed by atoms with Crippen molar-refractivity contribution in [2.45, 2.75) is 161 Å². The van der Waals surface area contributed by atoms with E-state index in [9.17, 15) is 14.7 Å². The molecule has 2 unspecified atom stereocenters. The Labute approximate surface area is 226 Å². The van der Waals surface area contributed by atoms with Crippen molar-refractivity contribution >= 4 is 11.9 Å². The van der Waals surface area contributed by atoms with E-state index in [1.807, 2.05) is 0 Å². The molecule has 1 aliphatic rings. The topological polar surface area (TPSA) is 85.4 Å². The van der Waals surface area contributed by atoms with Crippen LogP contribution in [0, 0.1) is 0 Å². The summed E-state index contributed by atoms with van der Waals surface area (Å²) in [6.07, 6.45) is 25.7. The van der Waals surface area contributed by atoms with E-state index in [1.165, 1.54) is 57.8 Å². The Morgan fingerprint density at radius 1 is 0.703 bits per heavy atom. The van der Waals surface area contributed by atoms with Gasteiger partial charge in [-0.1, -0.05) is 103 Å². The SMILES string of the molecule is CCCCC/C=C\CC1OC1CCCCCCCC(=O)OC[C@@H](O)COC(=O)CCCCCCCCC. The van der Waals surface area contributed by atoms with Crippen LogP contribution in [0.5, 0.6) is 0 Å². The van der Waals surface area contributed by atoms with E-state index in [-0.39, 0.29) is 25.2 Å². The Morgan fingerprint density at radius 2 is 1.22 bits per heavy atom. The second kappa shape index (κ2) is 23.7. The fourth-order valence-electron chi connectivity index (χ4n) is 4.44. The number of rotatable bonds is 26. The summed E-state index contributed by atoms with van der Waals surface area (Å²) in [5.74, 6) is -0.595. The number of carbonyl (C=O) groups excluding carboxylic acids is 2. The third kappa shape index (κ3) is 21.2. The predicted octanol–water partition coefficient (Wildman–Crippen LogP) is 7.60. The minimum atomic E-state index is -0.966. The Kier molecular flexibility index (Phi) is 21.5. The van der Waals surface area contributed by atoms with E-state index in [0.717, 1.165) is 57.8 Å². The molecule has 6 nitrogen and oxygen atoms in total. The fourth-order valence-corrected chi connectivity index (χ4v) is 4.44. The van der Waals surface area contributed by atoms with Crippen molar-refractivity contribution in [3.63, 3.8) is 0 Å². The zero-order chi connectivity index (χ0) is 27.0. The third-order valence-electron chi connectivity index (χ3n) is 6.92. The van der Waals surface area contributed by atoms with Crippen molar-refractivity contribution in [3.8, 4) is 0 Å². The number of epoxide rings is 1. The molecule has 1 fully saturated rings. The van der Waals surface area contributed by atoms with Gasteiger partial charge in [-0.2, -0.15) is 0 Å².